The van der Waals surface area contributed by atoms with Crippen molar-refractivity contribution in [1.29, 1.82) is 0 Å². The molecule has 2 aromatic carbocycles. The van der Waals surface area contributed by atoms with Crippen LogP contribution in [0.4, 0.5) is 10.3 Å². The summed E-state index contributed by atoms with van der Waals surface area (Å²) in [5.74, 6) is -0.104. The molecule has 3 nitrogen and oxygen atoms in total. The minimum atomic E-state index is -0.373. The fourth-order valence-electron chi connectivity index (χ4n) is 2.14. The highest BCUT2D eigenvalue weighted by Crippen LogP contribution is 2.31. The summed E-state index contributed by atoms with van der Waals surface area (Å²) in [4.78, 5) is 4.25. The van der Waals surface area contributed by atoms with Crippen molar-refractivity contribution in [2.24, 2.45) is 0 Å². The van der Waals surface area contributed by atoms with E-state index in [1.165, 1.54) is 6.07 Å². The Morgan fingerprint density at radius 2 is 2.05 bits per heavy atom. The van der Waals surface area contributed by atoms with E-state index >= 15 is 0 Å². The number of nitrogen functional groups attached to an aromatic ring is 1. The SMILES string of the molecule is Cc1ccc(Cl)c(-n2c(N)nc3cc(Br)c(F)cc32)c1. The van der Waals surface area contributed by atoms with Gasteiger partial charge >= 0.3 is 0 Å². The maximum Gasteiger partial charge on any atom is 0.205 e. The van der Waals surface area contributed by atoms with E-state index in [-0.39, 0.29) is 11.8 Å². The zero-order chi connectivity index (χ0) is 14.4. The van der Waals surface area contributed by atoms with Gasteiger partial charge in [-0.2, -0.15) is 0 Å². The van der Waals surface area contributed by atoms with Gasteiger partial charge in [0.25, 0.3) is 0 Å². The van der Waals surface area contributed by atoms with Gasteiger partial charge < -0.3 is 5.73 Å². The summed E-state index contributed by atoms with van der Waals surface area (Å²) in [6.45, 7) is 1.95. The first-order chi connectivity index (χ1) is 9.47. The van der Waals surface area contributed by atoms with Crippen LogP contribution in [0.1, 0.15) is 5.56 Å². The van der Waals surface area contributed by atoms with E-state index in [2.05, 4.69) is 20.9 Å². The number of anilines is 1. The van der Waals surface area contributed by atoms with Gasteiger partial charge in [-0.1, -0.05) is 17.7 Å². The van der Waals surface area contributed by atoms with Crippen molar-refractivity contribution in [3.8, 4) is 5.69 Å². The molecule has 102 valence electrons. The number of imidazole rings is 1. The van der Waals surface area contributed by atoms with E-state index < -0.39 is 0 Å². The number of nitrogens with zero attached hydrogens (tertiary/aromatic N) is 2. The standard InChI is InChI=1S/C14H10BrClFN3/c1-7-2-3-9(16)12(4-7)20-13-6-10(17)8(15)5-11(13)19-14(20)18/h2-6H,1H3,(H2,18,19). The van der Waals surface area contributed by atoms with E-state index in [0.717, 1.165) is 5.56 Å². The third-order valence-electron chi connectivity index (χ3n) is 3.07. The van der Waals surface area contributed by atoms with Gasteiger partial charge in [0.1, 0.15) is 5.82 Å². The van der Waals surface area contributed by atoms with Crippen molar-refractivity contribution in [1.82, 2.24) is 9.55 Å². The van der Waals surface area contributed by atoms with Crippen molar-refractivity contribution < 1.29 is 4.39 Å². The van der Waals surface area contributed by atoms with E-state index in [0.29, 0.717) is 26.2 Å². The zero-order valence-corrected chi connectivity index (χ0v) is 12.8. The Kier molecular flexibility index (Phi) is 3.18. The van der Waals surface area contributed by atoms with Crippen LogP contribution < -0.4 is 5.73 Å². The quantitative estimate of drug-likeness (QED) is 0.700. The molecular formula is C14H10BrClFN3. The van der Waals surface area contributed by atoms with Gasteiger partial charge in [0.05, 0.1) is 26.2 Å². The topological polar surface area (TPSA) is 43.8 Å². The lowest BCUT2D eigenvalue weighted by atomic mass is 10.2. The van der Waals surface area contributed by atoms with Crippen molar-refractivity contribution in [3.63, 3.8) is 0 Å². The van der Waals surface area contributed by atoms with Crippen LogP contribution in [0, 0.1) is 12.7 Å². The molecule has 0 aliphatic heterocycles. The predicted octanol–water partition coefficient (Wildman–Crippen LogP) is 4.47. The maximum atomic E-state index is 13.8. The molecule has 0 amide bonds. The highest BCUT2D eigenvalue weighted by atomic mass is 79.9. The molecule has 20 heavy (non-hydrogen) atoms. The third-order valence-corrected chi connectivity index (χ3v) is 3.99. The number of nitrogens with two attached hydrogens (primary N) is 1. The number of benzene rings is 2. The average Bonchev–Trinajstić information content (AvgIpc) is 2.69. The lowest BCUT2D eigenvalue weighted by molar-refractivity contribution is 0.622. The molecule has 0 aliphatic rings. The molecule has 0 bridgehead atoms. The number of rotatable bonds is 1. The second-order valence-corrected chi connectivity index (χ2v) is 5.78. The average molecular weight is 355 g/mol. The molecule has 0 aliphatic carbocycles. The van der Waals surface area contributed by atoms with Crippen molar-refractivity contribution >= 4 is 44.5 Å². The zero-order valence-electron chi connectivity index (χ0n) is 10.5. The number of fused-ring (bicyclic) bond motifs is 1. The van der Waals surface area contributed by atoms with E-state index in [1.807, 2.05) is 19.1 Å². The molecular weight excluding hydrogens is 345 g/mol. The van der Waals surface area contributed by atoms with Gasteiger partial charge in [0, 0.05) is 6.07 Å². The van der Waals surface area contributed by atoms with Gasteiger partial charge in [-0.05, 0) is 46.6 Å². The molecule has 3 aromatic rings. The van der Waals surface area contributed by atoms with Crippen LogP contribution in [0.5, 0.6) is 0 Å². The summed E-state index contributed by atoms with van der Waals surface area (Å²) in [6.07, 6.45) is 0. The lowest BCUT2D eigenvalue weighted by Crippen LogP contribution is -2.01. The van der Waals surface area contributed by atoms with Gasteiger partial charge in [-0.15, -0.1) is 0 Å². The van der Waals surface area contributed by atoms with Crippen LogP contribution in [0.15, 0.2) is 34.8 Å². The Balaban J connectivity index is 2.38. The Morgan fingerprint density at radius 1 is 1.30 bits per heavy atom. The molecule has 0 atom stereocenters. The minimum absolute atomic E-state index is 0.269. The lowest BCUT2D eigenvalue weighted by Gasteiger charge is -2.10. The number of hydrogen-bond acceptors (Lipinski definition) is 2. The highest BCUT2D eigenvalue weighted by molar-refractivity contribution is 9.10. The summed E-state index contributed by atoms with van der Waals surface area (Å²) in [5.41, 5.74) is 8.86. The van der Waals surface area contributed by atoms with Crippen molar-refractivity contribution in [2.45, 2.75) is 6.92 Å². The van der Waals surface area contributed by atoms with Crippen molar-refractivity contribution in [3.05, 3.63) is 51.2 Å². The molecule has 0 saturated carbocycles. The molecule has 0 spiro atoms. The van der Waals surface area contributed by atoms with Crippen LogP contribution in [-0.4, -0.2) is 9.55 Å². The van der Waals surface area contributed by atoms with Crippen molar-refractivity contribution in [2.75, 3.05) is 5.73 Å². The predicted molar refractivity (Wildman–Crippen MR) is 82.9 cm³/mol. The summed E-state index contributed by atoms with van der Waals surface area (Å²) in [6, 6.07) is 8.56. The molecule has 3 rings (SSSR count). The monoisotopic (exact) mass is 353 g/mol. The Bertz CT molecular complexity index is 829. The largest absolute Gasteiger partial charge is 0.369 e. The number of aryl methyl sites for hydroxylation is 1. The molecule has 1 aromatic heterocycles. The minimum Gasteiger partial charge on any atom is -0.369 e. The number of halogens is 3. The Morgan fingerprint density at radius 3 is 2.80 bits per heavy atom. The van der Waals surface area contributed by atoms with E-state index in [9.17, 15) is 4.39 Å². The molecule has 0 radical (unpaired) electrons. The number of hydrogen-bond donors (Lipinski definition) is 1. The molecule has 0 saturated heterocycles. The molecule has 1 heterocycles. The molecule has 0 fully saturated rings. The van der Waals surface area contributed by atoms with Crippen LogP contribution in [0.2, 0.25) is 5.02 Å². The van der Waals surface area contributed by atoms with Gasteiger partial charge in [-0.25, -0.2) is 9.37 Å². The van der Waals surface area contributed by atoms with Gasteiger partial charge in [-0.3, -0.25) is 4.57 Å². The Labute approximate surface area is 128 Å². The summed E-state index contributed by atoms with van der Waals surface area (Å²) < 4.78 is 15.8. The van der Waals surface area contributed by atoms with Gasteiger partial charge in [0.15, 0.2) is 0 Å². The van der Waals surface area contributed by atoms with Crippen LogP contribution in [0.3, 0.4) is 0 Å². The first-order valence-electron chi connectivity index (χ1n) is 5.87. The first-order valence-corrected chi connectivity index (χ1v) is 7.04. The fourth-order valence-corrected chi connectivity index (χ4v) is 2.67. The maximum absolute atomic E-state index is 13.8. The van der Waals surface area contributed by atoms with Crippen LogP contribution in [-0.2, 0) is 0 Å². The van der Waals surface area contributed by atoms with Gasteiger partial charge in [0.2, 0.25) is 5.95 Å². The van der Waals surface area contributed by atoms with Crippen LogP contribution >= 0.6 is 27.5 Å². The highest BCUT2D eigenvalue weighted by Gasteiger charge is 2.15. The Hall–Kier alpha value is -1.59. The normalized spacial score (nSPS) is 11.2. The van der Waals surface area contributed by atoms with E-state index in [4.69, 9.17) is 17.3 Å². The first kappa shape index (κ1) is 13.4. The molecule has 0 unspecified atom stereocenters. The second kappa shape index (κ2) is 4.75. The summed E-state index contributed by atoms with van der Waals surface area (Å²) >= 11 is 9.37. The fraction of sp³-hybridized carbons (Fsp3) is 0.0714. The molecule has 6 heteroatoms. The third kappa shape index (κ3) is 2.07. The number of aromatic nitrogens is 2. The summed E-state index contributed by atoms with van der Waals surface area (Å²) in [5, 5.41) is 0.532. The second-order valence-electron chi connectivity index (χ2n) is 4.52. The smallest absolute Gasteiger partial charge is 0.205 e. The van der Waals surface area contributed by atoms with E-state index in [1.54, 1.807) is 16.7 Å². The van der Waals surface area contributed by atoms with Crippen LogP contribution in [0.25, 0.3) is 16.7 Å². The summed E-state index contributed by atoms with van der Waals surface area (Å²) in [7, 11) is 0. The molecule has 2 N–H and O–H groups in total.